The fourth-order valence-corrected chi connectivity index (χ4v) is 9.94. The van der Waals surface area contributed by atoms with Crippen LogP contribution in [0.15, 0.2) is 72.8 Å². The molecule has 0 saturated carbocycles. The van der Waals surface area contributed by atoms with Crippen molar-refractivity contribution in [2.24, 2.45) is 10.8 Å². The van der Waals surface area contributed by atoms with E-state index in [4.69, 9.17) is 14.2 Å². The number of epoxide rings is 1. The van der Waals surface area contributed by atoms with E-state index < -0.39 is 47.0 Å². The van der Waals surface area contributed by atoms with E-state index in [0.29, 0.717) is 50.3 Å². The number of hydrogen-bond acceptors (Lipinski definition) is 10. The third-order valence-electron chi connectivity index (χ3n) is 14.0. The van der Waals surface area contributed by atoms with Crippen molar-refractivity contribution in [2.75, 3.05) is 49.4 Å². The number of ether oxygens (including phenoxy) is 3. The molecule has 7 rings (SSSR count). The van der Waals surface area contributed by atoms with Crippen molar-refractivity contribution < 1.29 is 38.2 Å². The van der Waals surface area contributed by atoms with Crippen LogP contribution in [0.25, 0.3) is 0 Å². The van der Waals surface area contributed by atoms with Crippen LogP contribution in [0.3, 0.4) is 0 Å². The SMILES string of the molecule is COC(=O)N[C@H](C(=O)N1CCC[C@H]1C(=O)Nc1ccc([C@@H]2CC[C@@H](c3ccc(NC(=O)[C@@H]4CCCN4C(=O)[C@@H](NC4(OC)CO4)C(C)(C)C)cc3)N2c2ccc(C(C)(C)C)cc2)cc1)C(C)(C)C. The van der Waals surface area contributed by atoms with Crippen molar-refractivity contribution in [3.63, 3.8) is 0 Å². The zero-order valence-corrected chi connectivity index (χ0v) is 41.9. The Bertz CT molecular complexity index is 2290. The van der Waals surface area contributed by atoms with Crippen LogP contribution in [0.2, 0.25) is 0 Å². The van der Waals surface area contributed by atoms with Crippen molar-refractivity contribution >= 4 is 46.8 Å². The van der Waals surface area contributed by atoms with Crippen LogP contribution in [-0.4, -0.2) is 104 Å². The summed E-state index contributed by atoms with van der Waals surface area (Å²) in [6, 6.07) is 22.2. The van der Waals surface area contributed by atoms with E-state index in [9.17, 15) is 24.0 Å². The molecule has 1 unspecified atom stereocenters. The minimum atomic E-state index is -0.976. The number of likely N-dealkylation sites (tertiary alicyclic amines) is 2. The van der Waals surface area contributed by atoms with Crippen molar-refractivity contribution in [2.45, 2.75) is 148 Å². The van der Waals surface area contributed by atoms with E-state index in [0.717, 1.165) is 36.1 Å². The first-order valence-corrected chi connectivity index (χ1v) is 24.2. The van der Waals surface area contributed by atoms with E-state index in [2.05, 4.69) is 95.5 Å². The van der Waals surface area contributed by atoms with E-state index in [1.54, 1.807) is 16.9 Å². The van der Waals surface area contributed by atoms with Crippen LogP contribution in [0.4, 0.5) is 21.9 Å². The fourth-order valence-electron chi connectivity index (χ4n) is 9.94. The zero-order valence-electron chi connectivity index (χ0n) is 41.9. The monoisotopic (exact) mass is 936 g/mol. The second kappa shape index (κ2) is 19.8. The largest absolute Gasteiger partial charge is 0.453 e. The van der Waals surface area contributed by atoms with Gasteiger partial charge >= 0.3 is 6.09 Å². The lowest BCUT2D eigenvalue weighted by Gasteiger charge is -2.36. The Morgan fingerprint density at radius 3 is 1.46 bits per heavy atom. The number of amides is 5. The van der Waals surface area contributed by atoms with Crippen LogP contribution in [-0.2, 0) is 38.8 Å². The number of anilines is 3. The molecule has 0 spiro atoms. The predicted octanol–water partition coefficient (Wildman–Crippen LogP) is 8.03. The number of benzene rings is 3. The first-order valence-electron chi connectivity index (χ1n) is 24.2. The molecule has 4 aliphatic heterocycles. The minimum absolute atomic E-state index is 0.00759. The molecular formula is C53H73N7O8. The molecule has 15 nitrogen and oxygen atoms in total. The van der Waals surface area contributed by atoms with Crippen LogP contribution in [0, 0.1) is 10.8 Å². The maximum Gasteiger partial charge on any atom is 0.407 e. The van der Waals surface area contributed by atoms with Crippen LogP contribution < -0.4 is 26.2 Å². The van der Waals surface area contributed by atoms with E-state index in [-0.39, 0.29) is 41.1 Å². The molecule has 15 heteroatoms. The Morgan fingerprint density at radius 2 is 1.07 bits per heavy atom. The average molecular weight is 936 g/mol. The standard InChI is InChI=1S/C53H73N7O8/c1-50(2,3)35-20-26-38(27-21-35)60-39(33-16-22-36(23-17-33)54-45(61)41-14-12-30-58(41)47(63)43(51(4,5)6)56-49(65)66-10)28-29-40(60)34-18-24-37(25-19-34)55-46(62)42-15-13-31-59(42)48(64)44(52(7,8)9)57-53(67-11)32-68-53/h16-27,39-44,57H,12-15,28-32H2,1-11H3,(H,54,61)(H,55,62)(H,56,65)/t39-,40-,41-,42-,43+,44+,53?/m0/s1. The summed E-state index contributed by atoms with van der Waals surface area (Å²) in [6.07, 6.45) is 3.59. The van der Waals surface area contributed by atoms with Gasteiger partial charge in [0.2, 0.25) is 23.6 Å². The topological polar surface area (TPSA) is 174 Å². The predicted molar refractivity (Wildman–Crippen MR) is 263 cm³/mol. The van der Waals surface area contributed by atoms with Gasteiger partial charge in [-0.1, -0.05) is 98.7 Å². The number of carbonyl (C=O) groups is 5. The first kappa shape index (κ1) is 50.4. The van der Waals surface area contributed by atoms with Gasteiger partial charge < -0.3 is 44.9 Å². The summed E-state index contributed by atoms with van der Waals surface area (Å²) in [4.78, 5) is 73.5. The molecule has 4 saturated heterocycles. The number of nitrogens with one attached hydrogen (secondary N) is 4. The first-order chi connectivity index (χ1) is 32.0. The number of methoxy groups -OCH3 is 2. The summed E-state index contributed by atoms with van der Waals surface area (Å²) >= 11 is 0. The number of hydrogen-bond donors (Lipinski definition) is 4. The number of carbonyl (C=O) groups excluding carboxylic acids is 5. The second-order valence-corrected chi connectivity index (χ2v) is 22.0. The lowest BCUT2D eigenvalue weighted by Crippen LogP contribution is -2.59. The molecule has 4 fully saturated rings. The van der Waals surface area contributed by atoms with Gasteiger partial charge in [-0.2, -0.15) is 0 Å². The number of nitrogens with zero attached hydrogens (tertiary/aromatic N) is 3. The highest BCUT2D eigenvalue weighted by molar-refractivity contribution is 5.99. The summed E-state index contributed by atoms with van der Waals surface area (Å²) in [7, 11) is 2.81. The number of alkyl carbamates (subject to hydrolysis) is 1. The van der Waals surface area contributed by atoms with E-state index in [1.165, 1.54) is 12.7 Å². The summed E-state index contributed by atoms with van der Waals surface area (Å²) in [6.45, 7) is 19.5. The highest BCUT2D eigenvalue weighted by Gasteiger charge is 2.52. The van der Waals surface area contributed by atoms with Gasteiger partial charge in [-0.3, -0.25) is 24.5 Å². The van der Waals surface area contributed by atoms with Gasteiger partial charge in [0.05, 0.1) is 25.2 Å². The molecule has 0 bridgehead atoms. The molecule has 4 heterocycles. The van der Waals surface area contributed by atoms with Crippen molar-refractivity contribution in [1.29, 1.82) is 0 Å². The van der Waals surface area contributed by atoms with Crippen LogP contribution >= 0.6 is 0 Å². The van der Waals surface area contributed by atoms with Crippen LogP contribution in [0.5, 0.6) is 0 Å². The molecular weight excluding hydrogens is 863 g/mol. The zero-order chi connectivity index (χ0) is 49.3. The van der Waals surface area contributed by atoms with Crippen molar-refractivity contribution in [3.8, 4) is 0 Å². The van der Waals surface area contributed by atoms with Gasteiger partial charge in [0, 0.05) is 37.3 Å². The number of rotatable bonds is 13. The molecule has 4 aliphatic rings. The molecule has 5 amide bonds. The Morgan fingerprint density at radius 1 is 0.632 bits per heavy atom. The van der Waals surface area contributed by atoms with Crippen molar-refractivity contribution in [3.05, 3.63) is 89.5 Å². The summed E-state index contributed by atoms with van der Waals surface area (Å²) in [5.41, 5.74) is 4.80. The molecule has 368 valence electrons. The summed E-state index contributed by atoms with van der Waals surface area (Å²) in [5.74, 6) is -1.91. The van der Waals surface area contributed by atoms with Gasteiger partial charge in [0.1, 0.15) is 24.7 Å². The Kier molecular flexibility index (Phi) is 14.7. The average Bonchev–Trinajstić information content (AvgIpc) is 3.65. The minimum Gasteiger partial charge on any atom is -0.453 e. The fraction of sp³-hybridized carbons (Fsp3) is 0.566. The molecule has 3 aromatic rings. The highest BCUT2D eigenvalue weighted by Crippen LogP contribution is 2.47. The normalized spacial score (nSPS) is 23.8. The lowest BCUT2D eigenvalue weighted by atomic mass is 9.85. The van der Waals surface area contributed by atoms with Gasteiger partial charge in [-0.05, 0) is 108 Å². The molecule has 0 aliphatic carbocycles. The molecule has 7 atom stereocenters. The molecule has 0 radical (unpaired) electrons. The maximum atomic E-state index is 14.1. The van der Waals surface area contributed by atoms with Gasteiger partial charge in [-0.15, -0.1) is 0 Å². The van der Waals surface area contributed by atoms with Gasteiger partial charge in [0.15, 0.2) is 0 Å². The van der Waals surface area contributed by atoms with E-state index in [1.807, 2.05) is 65.8 Å². The molecule has 4 N–H and O–H groups in total. The Hall–Kier alpha value is -5.51. The highest BCUT2D eigenvalue weighted by atomic mass is 16.8. The lowest BCUT2D eigenvalue weighted by molar-refractivity contribution is -0.144. The smallest absolute Gasteiger partial charge is 0.407 e. The summed E-state index contributed by atoms with van der Waals surface area (Å²) < 4.78 is 15.8. The third-order valence-corrected chi connectivity index (χ3v) is 14.0. The van der Waals surface area contributed by atoms with E-state index >= 15 is 0 Å². The van der Waals surface area contributed by atoms with Gasteiger partial charge in [0.25, 0.3) is 5.91 Å². The maximum absolute atomic E-state index is 14.1. The van der Waals surface area contributed by atoms with Gasteiger partial charge in [-0.25, -0.2) is 4.79 Å². The van der Waals surface area contributed by atoms with Crippen molar-refractivity contribution in [1.82, 2.24) is 20.4 Å². The third kappa shape index (κ3) is 11.2. The second-order valence-electron chi connectivity index (χ2n) is 22.0. The summed E-state index contributed by atoms with van der Waals surface area (Å²) in [5, 5.41) is 12.1. The quantitative estimate of drug-likeness (QED) is 0.0971. The molecule has 3 aromatic carbocycles. The molecule has 68 heavy (non-hydrogen) atoms. The Labute approximate surface area is 402 Å². The molecule has 0 aromatic heterocycles. The van der Waals surface area contributed by atoms with Crippen LogP contribution in [0.1, 0.15) is 130 Å². The Balaban J connectivity index is 1.05.